The second-order valence-corrected chi connectivity index (χ2v) is 6.59. The van der Waals surface area contributed by atoms with Gasteiger partial charge in [-0.2, -0.15) is 14.0 Å². The van der Waals surface area contributed by atoms with Crippen LogP contribution in [0.15, 0.2) is 24.4 Å². The van der Waals surface area contributed by atoms with Crippen LogP contribution in [0.2, 0.25) is 0 Å². The fourth-order valence-corrected chi connectivity index (χ4v) is 2.83. The highest BCUT2D eigenvalue weighted by atomic mass is 19.3. The maximum absolute atomic E-state index is 14.5. The number of hydrogen-bond donors (Lipinski definition) is 3. The normalized spacial score (nSPS) is 20.2. The van der Waals surface area contributed by atoms with E-state index in [1.807, 2.05) is 6.07 Å². The highest BCUT2D eigenvalue weighted by molar-refractivity contribution is 6.03. The molecule has 0 saturated carbocycles. The minimum atomic E-state index is -3.54. The lowest BCUT2D eigenvalue weighted by molar-refractivity contribution is -0.615. The molecular weight excluding hydrogens is 389 g/mol. The third-order valence-electron chi connectivity index (χ3n) is 4.50. The van der Waals surface area contributed by atoms with Gasteiger partial charge >= 0.3 is 11.9 Å². The fraction of sp³-hybridized carbons (Fsp3) is 0.278. The number of rotatable bonds is 3. The van der Waals surface area contributed by atoms with Crippen LogP contribution in [0.4, 0.5) is 19.0 Å². The van der Waals surface area contributed by atoms with E-state index in [1.54, 1.807) is 6.92 Å². The summed E-state index contributed by atoms with van der Waals surface area (Å²) in [5.74, 6) is -5.42. The number of nitrogens with two attached hydrogens (primary N) is 1. The molecule has 11 heteroatoms. The van der Waals surface area contributed by atoms with Gasteiger partial charge in [0.05, 0.1) is 5.56 Å². The van der Waals surface area contributed by atoms with Crippen LogP contribution in [0, 0.1) is 24.1 Å². The van der Waals surface area contributed by atoms with Crippen molar-refractivity contribution in [2.24, 2.45) is 5.73 Å². The number of ether oxygens (including phenoxy) is 1. The van der Waals surface area contributed by atoms with Crippen molar-refractivity contribution < 1.29 is 27.7 Å². The number of halogens is 3. The summed E-state index contributed by atoms with van der Waals surface area (Å²) in [6.45, 7) is 1.55. The monoisotopic (exact) mass is 405 g/mol. The van der Waals surface area contributed by atoms with E-state index < -0.39 is 41.5 Å². The Bertz CT molecular complexity index is 1070. The fourth-order valence-electron chi connectivity index (χ4n) is 2.83. The zero-order valence-corrected chi connectivity index (χ0v) is 15.4. The van der Waals surface area contributed by atoms with E-state index in [0.717, 1.165) is 19.1 Å². The van der Waals surface area contributed by atoms with Gasteiger partial charge in [-0.15, -0.1) is 0 Å². The van der Waals surface area contributed by atoms with E-state index in [0.29, 0.717) is 5.56 Å². The summed E-state index contributed by atoms with van der Waals surface area (Å²) in [6.07, 6.45) is 1.22. The molecule has 3 heterocycles. The number of carbonyl (C=O) groups is 1. The first-order valence-electron chi connectivity index (χ1n) is 8.34. The van der Waals surface area contributed by atoms with Crippen LogP contribution in [0.3, 0.4) is 0 Å². The van der Waals surface area contributed by atoms with Gasteiger partial charge in [-0.25, -0.2) is 19.4 Å². The van der Waals surface area contributed by atoms with Crippen LogP contribution in [-0.2, 0) is 10.3 Å². The Morgan fingerprint density at radius 2 is 2.17 bits per heavy atom. The molecule has 0 spiro atoms. The van der Waals surface area contributed by atoms with E-state index in [1.165, 1.54) is 12.3 Å². The number of nitrogens with zero attached hydrogens (tertiary/aromatic N) is 3. The van der Waals surface area contributed by atoms with Gasteiger partial charge < -0.3 is 10.1 Å². The van der Waals surface area contributed by atoms with E-state index >= 15 is 0 Å². The lowest BCUT2D eigenvalue weighted by Crippen LogP contribution is -2.94. The minimum Gasteiger partial charge on any atom is -0.425 e. The Morgan fingerprint density at radius 3 is 2.83 bits per heavy atom. The van der Waals surface area contributed by atoms with Crippen molar-refractivity contribution in [1.82, 2.24) is 9.97 Å². The SMILES string of the molecule is Cc1cc(C#N)cnc1C(=O)Nc1ccc(F)c(C2(C)[NH+]=C(N)OCC2(F)F)n1. The maximum atomic E-state index is 14.5. The highest BCUT2D eigenvalue weighted by Gasteiger charge is 2.60. The molecule has 1 amide bonds. The summed E-state index contributed by atoms with van der Waals surface area (Å²) in [4.78, 5) is 22.5. The Balaban J connectivity index is 1.97. The predicted molar refractivity (Wildman–Crippen MR) is 94.2 cm³/mol. The molecule has 0 fully saturated rings. The average Bonchev–Trinajstić information content (AvgIpc) is 2.66. The van der Waals surface area contributed by atoms with Gasteiger partial charge in [0.1, 0.15) is 29.1 Å². The van der Waals surface area contributed by atoms with Gasteiger partial charge in [-0.1, -0.05) is 0 Å². The van der Waals surface area contributed by atoms with Crippen molar-refractivity contribution >= 4 is 17.7 Å². The van der Waals surface area contributed by atoms with Gasteiger partial charge in [0, 0.05) is 6.20 Å². The molecular formula is C18H16F3N6O2+. The average molecular weight is 405 g/mol. The zero-order chi connectivity index (χ0) is 21.4. The summed E-state index contributed by atoms with van der Waals surface area (Å²) >= 11 is 0. The van der Waals surface area contributed by atoms with Crippen molar-refractivity contribution in [3.05, 3.63) is 52.7 Å². The number of nitrogens with one attached hydrogen (secondary N) is 2. The molecule has 0 aromatic carbocycles. The highest BCUT2D eigenvalue weighted by Crippen LogP contribution is 2.36. The molecule has 1 aliphatic heterocycles. The molecule has 3 rings (SSSR count). The Morgan fingerprint density at radius 1 is 1.45 bits per heavy atom. The van der Waals surface area contributed by atoms with Crippen molar-refractivity contribution in [3.8, 4) is 6.07 Å². The topological polar surface area (TPSA) is 128 Å². The van der Waals surface area contributed by atoms with E-state index in [4.69, 9.17) is 11.0 Å². The van der Waals surface area contributed by atoms with Crippen LogP contribution in [0.5, 0.6) is 0 Å². The largest absolute Gasteiger partial charge is 0.440 e. The molecule has 4 N–H and O–H groups in total. The van der Waals surface area contributed by atoms with Gasteiger partial charge in [0.15, 0.2) is 6.61 Å². The number of aromatic nitrogens is 2. The number of pyridine rings is 2. The number of anilines is 1. The third-order valence-corrected chi connectivity index (χ3v) is 4.50. The molecule has 0 aliphatic carbocycles. The molecule has 150 valence electrons. The van der Waals surface area contributed by atoms with E-state index in [2.05, 4.69) is 25.0 Å². The molecule has 1 aliphatic rings. The number of hydrogen-bond acceptors (Lipinski definition) is 6. The Labute approximate surface area is 163 Å². The van der Waals surface area contributed by atoms with E-state index in [-0.39, 0.29) is 17.1 Å². The number of aryl methyl sites for hydroxylation is 1. The third kappa shape index (κ3) is 3.56. The Kier molecular flexibility index (Phi) is 4.88. The lowest BCUT2D eigenvalue weighted by atomic mass is 9.89. The number of amidine groups is 1. The standard InChI is InChI=1S/C18H15F3N6O2/c1-9-5-10(6-22)7-24-13(9)15(28)26-12-4-3-11(19)14(25-12)17(2)18(20,21)8-29-16(23)27-17/h3-5,7H,8H2,1-2H3,(H2,23,27)(H,25,26,28)/p+1. The van der Waals surface area contributed by atoms with Crippen molar-refractivity contribution in [2.75, 3.05) is 11.9 Å². The van der Waals surface area contributed by atoms with Gasteiger partial charge in [0.2, 0.25) is 5.54 Å². The van der Waals surface area contributed by atoms with Crippen LogP contribution >= 0.6 is 0 Å². The number of alkyl halides is 2. The second kappa shape index (κ2) is 7.05. The predicted octanol–water partition coefficient (Wildman–Crippen LogP) is 0.324. The summed E-state index contributed by atoms with van der Waals surface area (Å²) in [7, 11) is 0. The number of nitriles is 1. The summed E-state index contributed by atoms with van der Waals surface area (Å²) in [5.41, 5.74) is 3.22. The smallest absolute Gasteiger partial charge is 0.425 e. The van der Waals surface area contributed by atoms with Crippen molar-refractivity contribution in [2.45, 2.75) is 25.3 Å². The molecule has 0 bridgehead atoms. The van der Waals surface area contributed by atoms with Crippen LogP contribution < -0.4 is 16.0 Å². The van der Waals surface area contributed by atoms with Crippen molar-refractivity contribution in [1.29, 1.82) is 5.26 Å². The summed E-state index contributed by atoms with van der Waals surface area (Å²) in [5, 5.41) is 11.3. The number of amides is 1. The van der Waals surface area contributed by atoms with Gasteiger partial charge in [-0.05, 0) is 37.6 Å². The Hall–Kier alpha value is -3.68. The van der Waals surface area contributed by atoms with Gasteiger partial charge in [-0.3, -0.25) is 10.5 Å². The lowest BCUT2D eigenvalue weighted by Gasteiger charge is -2.34. The van der Waals surface area contributed by atoms with Crippen LogP contribution in [0.1, 0.15) is 34.2 Å². The zero-order valence-electron chi connectivity index (χ0n) is 15.4. The number of carbonyl (C=O) groups excluding carboxylic acids is 1. The first-order chi connectivity index (χ1) is 13.6. The minimum absolute atomic E-state index is 0.00925. The molecule has 8 nitrogen and oxygen atoms in total. The maximum Gasteiger partial charge on any atom is 0.440 e. The van der Waals surface area contributed by atoms with Crippen molar-refractivity contribution in [3.63, 3.8) is 0 Å². The molecule has 2 aromatic heterocycles. The van der Waals surface area contributed by atoms with Gasteiger partial charge in [0.25, 0.3) is 5.91 Å². The second-order valence-electron chi connectivity index (χ2n) is 6.59. The first-order valence-corrected chi connectivity index (χ1v) is 8.34. The first kappa shape index (κ1) is 20.1. The molecule has 1 atom stereocenters. The quantitative estimate of drug-likeness (QED) is 0.675. The molecule has 29 heavy (non-hydrogen) atoms. The summed E-state index contributed by atoms with van der Waals surface area (Å²) < 4.78 is 48.0. The summed E-state index contributed by atoms with van der Waals surface area (Å²) in [6, 6.07) is 5.01. The molecule has 1 unspecified atom stereocenters. The molecule has 2 aromatic rings. The van der Waals surface area contributed by atoms with E-state index in [9.17, 15) is 18.0 Å². The van der Waals surface area contributed by atoms with Crippen LogP contribution in [0.25, 0.3) is 0 Å². The molecule has 0 radical (unpaired) electrons. The molecule has 0 saturated heterocycles. The van der Waals surface area contributed by atoms with Crippen LogP contribution in [-0.4, -0.2) is 34.4 Å².